The van der Waals surface area contributed by atoms with Gasteiger partial charge < -0.3 is 11.1 Å². The number of nitrogen functional groups attached to an aromatic ring is 1. The number of anilines is 1. The van der Waals surface area contributed by atoms with Gasteiger partial charge in [0.2, 0.25) is 0 Å². The molecular formula is C13H13ClN4O. The van der Waals surface area contributed by atoms with Crippen LogP contribution < -0.4 is 11.1 Å². The monoisotopic (exact) mass is 276 g/mol. The Morgan fingerprint density at radius 3 is 2.95 bits per heavy atom. The van der Waals surface area contributed by atoms with E-state index in [1.54, 1.807) is 37.4 Å². The molecule has 1 amide bonds. The molecule has 19 heavy (non-hydrogen) atoms. The van der Waals surface area contributed by atoms with Gasteiger partial charge in [0, 0.05) is 11.9 Å². The standard InChI is InChI=1S/C13H13ClN4O/c1-8-16-5-4-10(18-8)7-17-13(19)11-6-9(15)2-3-12(11)14/h2-6H,7,15H2,1H3,(H,17,19). The highest BCUT2D eigenvalue weighted by Gasteiger charge is 2.10. The Bertz CT molecular complexity index is 615. The largest absolute Gasteiger partial charge is 0.399 e. The second-order valence-corrected chi connectivity index (χ2v) is 4.42. The van der Waals surface area contributed by atoms with E-state index in [0.29, 0.717) is 28.6 Å². The SMILES string of the molecule is Cc1nccc(CNC(=O)c2cc(N)ccc2Cl)n1. The van der Waals surface area contributed by atoms with E-state index in [1.807, 2.05) is 0 Å². The fourth-order valence-corrected chi connectivity index (χ4v) is 1.79. The number of amides is 1. The van der Waals surface area contributed by atoms with Gasteiger partial charge in [-0.1, -0.05) is 11.6 Å². The highest BCUT2D eigenvalue weighted by molar-refractivity contribution is 6.34. The van der Waals surface area contributed by atoms with Crippen molar-refractivity contribution < 1.29 is 4.79 Å². The Balaban J connectivity index is 2.07. The van der Waals surface area contributed by atoms with E-state index in [9.17, 15) is 4.79 Å². The highest BCUT2D eigenvalue weighted by Crippen LogP contribution is 2.18. The zero-order valence-corrected chi connectivity index (χ0v) is 11.1. The minimum Gasteiger partial charge on any atom is -0.399 e. The summed E-state index contributed by atoms with van der Waals surface area (Å²) in [5, 5.41) is 3.11. The number of hydrogen-bond acceptors (Lipinski definition) is 4. The molecule has 1 aromatic carbocycles. The molecule has 0 atom stereocenters. The third kappa shape index (κ3) is 3.42. The maximum Gasteiger partial charge on any atom is 0.253 e. The topological polar surface area (TPSA) is 80.9 Å². The first-order chi connectivity index (χ1) is 9.06. The quantitative estimate of drug-likeness (QED) is 0.840. The molecule has 1 aromatic heterocycles. The molecule has 2 rings (SSSR count). The van der Waals surface area contributed by atoms with Crippen LogP contribution in [0.25, 0.3) is 0 Å². The van der Waals surface area contributed by atoms with Crippen molar-refractivity contribution in [2.75, 3.05) is 5.73 Å². The van der Waals surface area contributed by atoms with Crippen LogP contribution in [0.5, 0.6) is 0 Å². The number of benzene rings is 1. The fraction of sp³-hybridized carbons (Fsp3) is 0.154. The van der Waals surface area contributed by atoms with E-state index >= 15 is 0 Å². The lowest BCUT2D eigenvalue weighted by Gasteiger charge is -2.07. The summed E-state index contributed by atoms with van der Waals surface area (Å²) in [5.41, 5.74) is 7.22. The summed E-state index contributed by atoms with van der Waals surface area (Å²) in [5.74, 6) is 0.377. The molecule has 0 unspecified atom stereocenters. The maximum absolute atomic E-state index is 12.0. The summed E-state index contributed by atoms with van der Waals surface area (Å²) in [4.78, 5) is 20.2. The molecule has 0 saturated heterocycles. The Morgan fingerprint density at radius 2 is 2.21 bits per heavy atom. The van der Waals surface area contributed by atoms with Crippen molar-refractivity contribution in [3.8, 4) is 0 Å². The molecule has 0 radical (unpaired) electrons. The first kappa shape index (κ1) is 13.3. The molecule has 0 aliphatic carbocycles. The molecule has 98 valence electrons. The number of aryl methyl sites for hydroxylation is 1. The van der Waals surface area contributed by atoms with Gasteiger partial charge in [-0.25, -0.2) is 9.97 Å². The lowest BCUT2D eigenvalue weighted by atomic mass is 10.2. The van der Waals surface area contributed by atoms with Gasteiger partial charge in [-0.05, 0) is 31.2 Å². The Labute approximate surface area is 115 Å². The molecule has 0 saturated carbocycles. The number of nitrogens with zero attached hydrogens (tertiary/aromatic N) is 2. The van der Waals surface area contributed by atoms with Crippen molar-refractivity contribution in [3.05, 3.63) is 52.6 Å². The first-order valence-corrected chi connectivity index (χ1v) is 6.06. The summed E-state index contributed by atoms with van der Waals surface area (Å²) in [6.45, 7) is 2.10. The van der Waals surface area contributed by atoms with E-state index in [1.165, 1.54) is 0 Å². The van der Waals surface area contributed by atoms with Crippen LogP contribution in [0.15, 0.2) is 30.5 Å². The van der Waals surface area contributed by atoms with Gasteiger partial charge in [-0.3, -0.25) is 4.79 Å². The molecule has 0 bridgehead atoms. The van der Waals surface area contributed by atoms with E-state index in [2.05, 4.69) is 15.3 Å². The van der Waals surface area contributed by atoms with E-state index in [4.69, 9.17) is 17.3 Å². The number of aromatic nitrogens is 2. The van der Waals surface area contributed by atoms with Gasteiger partial charge in [0.25, 0.3) is 5.91 Å². The summed E-state index contributed by atoms with van der Waals surface area (Å²) < 4.78 is 0. The third-order valence-corrected chi connectivity index (χ3v) is 2.83. The van der Waals surface area contributed by atoms with E-state index < -0.39 is 0 Å². The normalized spacial score (nSPS) is 10.2. The second kappa shape index (κ2) is 5.67. The van der Waals surface area contributed by atoms with Crippen molar-refractivity contribution in [2.45, 2.75) is 13.5 Å². The van der Waals surface area contributed by atoms with Crippen molar-refractivity contribution in [1.82, 2.24) is 15.3 Å². The number of hydrogen-bond donors (Lipinski definition) is 2. The molecule has 0 spiro atoms. The Morgan fingerprint density at radius 1 is 1.42 bits per heavy atom. The van der Waals surface area contributed by atoms with Crippen LogP contribution in [0.1, 0.15) is 21.9 Å². The number of nitrogens with two attached hydrogens (primary N) is 1. The van der Waals surface area contributed by atoms with Crippen LogP contribution in [0.2, 0.25) is 5.02 Å². The lowest BCUT2D eigenvalue weighted by molar-refractivity contribution is 0.0950. The molecule has 0 aliphatic heterocycles. The molecule has 0 fully saturated rings. The predicted octanol–water partition coefficient (Wildman–Crippen LogP) is 1.95. The van der Waals surface area contributed by atoms with Crippen molar-refractivity contribution in [1.29, 1.82) is 0 Å². The van der Waals surface area contributed by atoms with Crippen LogP contribution >= 0.6 is 11.6 Å². The van der Waals surface area contributed by atoms with Crippen LogP contribution in [-0.4, -0.2) is 15.9 Å². The Hall–Kier alpha value is -2.14. The fourth-order valence-electron chi connectivity index (χ4n) is 1.59. The van der Waals surface area contributed by atoms with Crippen LogP contribution in [0, 0.1) is 6.92 Å². The minimum absolute atomic E-state index is 0.284. The molecule has 5 nitrogen and oxygen atoms in total. The smallest absolute Gasteiger partial charge is 0.253 e. The minimum atomic E-state index is -0.284. The Kier molecular flexibility index (Phi) is 3.97. The number of carbonyl (C=O) groups is 1. The van der Waals surface area contributed by atoms with Crippen LogP contribution in [0.4, 0.5) is 5.69 Å². The highest BCUT2D eigenvalue weighted by atomic mass is 35.5. The molecule has 0 aliphatic rings. The first-order valence-electron chi connectivity index (χ1n) is 5.68. The van der Waals surface area contributed by atoms with Crippen molar-refractivity contribution in [2.24, 2.45) is 0 Å². The summed E-state index contributed by atoms with van der Waals surface area (Å²) >= 11 is 5.96. The van der Waals surface area contributed by atoms with Gasteiger partial charge in [0.15, 0.2) is 0 Å². The zero-order chi connectivity index (χ0) is 13.8. The number of halogens is 1. The molecule has 3 N–H and O–H groups in total. The number of rotatable bonds is 3. The number of nitrogens with one attached hydrogen (secondary N) is 1. The van der Waals surface area contributed by atoms with Crippen LogP contribution in [0.3, 0.4) is 0 Å². The molecular weight excluding hydrogens is 264 g/mol. The molecule has 2 aromatic rings. The van der Waals surface area contributed by atoms with Gasteiger partial charge in [0.05, 0.1) is 22.8 Å². The molecule has 6 heteroatoms. The zero-order valence-electron chi connectivity index (χ0n) is 10.4. The summed E-state index contributed by atoms with van der Waals surface area (Å²) in [6.07, 6.45) is 1.65. The average molecular weight is 277 g/mol. The lowest BCUT2D eigenvalue weighted by Crippen LogP contribution is -2.24. The average Bonchev–Trinajstić information content (AvgIpc) is 2.39. The predicted molar refractivity (Wildman–Crippen MR) is 73.8 cm³/mol. The third-order valence-electron chi connectivity index (χ3n) is 2.50. The van der Waals surface area contributed by atoms with Crippen molar-refractivity contribution >= 4 is 23.2 Å². The van der Waals surface area contributed by atoms with Gasteiger partial charge >= 0.3 is 0 Å². The summed E-state index contributed by atoms with van der Waals surface area (Å²) in [7, 11) is 0. The van der Waals surface area contributed by atoms with E-state index in [0.717, 1.165) is 5.69 Å². The van der Waals surface area contributed by atoms with Gasteiger partial charge in [0.1, 0.15) is 5.82 Å². The summed E-state index contributed by atoms with van der Waals surface area (Å²) in [6, 6.07) is 6.53. The maximum atomic E-state index is 12.0. The number of carbonyl (C=O) groups excluding carboxylic acids is 1. The second-order valence-electron chi connectivity index (χ2n) is 4.02. The van der Waals surface area contributed by atoms with Gasteiger partial charge in [-0.15, -0.1) is 0 Å². The van der Waals surface area contributed by atoms with Crippen molar-refractivity contribution in [3.63, 3.8) is 0 Å². The van der Waals surface area contributed by atoms with Gasteiger partial charge in [-0.2, -0.15) is 0 Å². The molecule has 1 heterocycles. The van der Waals surface area contributed by atoms with Crippen LogP contribution in [-0.2, 0) is 6.54 Å². The van der Waals surface area contributed by atoms with E-state index in [-0.39, 0.29) is 5.91 Å².